The standard InChI is InChI=1S/C23H22N2O4/c1-16-2-3-17(23(26)27)14-21(16)22-9-8-20(29-22)15-24-18-4-6-19(7-5-18)25-10-12-28-13-11-25/h2-9,14-15H,10-13H2,1H3,(H,26,27). The van der Waals surface area contributed by atoms with Gasteiger partial charge in [0.2, 0.25) is 0 Å². The Kier molecular flexibility index (Phi) is 5.44. The molecule has 4 rings (SSSR count). The summed E-state index contributed by atoms with van der Waals surface area (Å²) in [6.07, 6.45) is 1.67. The van der Waals surface area contributed by atoms with Crippen LogP contribution in [0.1, 0.15) is 21.7 Å². The number of ether oxygens (including phenoxy) is 1. The molecule has 2 heterocycles. The number of carboxylic acids is 1. The number of aryl methyl sites for hydroxylation is 1. The highest BCUT2D eigenvalue weighted by atomic mass is 16.5. The van der Waals surface area contributed by atoms with Crippen molar-refractivity contribution in [3.63, 3.8) is 0 Å². The number of benzene rings is 2. The van der Waals surface area contributed by atoms with Gasteiger partial charge in [0.1, 0.15) is 11.5 Å². The van der Waals surface area contributed by atoms with E-state index in [0.29, 0.717) is 11.5 Å². The smallest absolute Gasteiger partial charge is 0.335 e. The van der Waals surface area contributed by atoms with E-state index in [1.807, 2.05) is 31.2 Å². The van der Waals surface area contributed by atoms with Crippen LogP contribution in [0, 0.1) is 6.92 Å². The third-order valence-electron chi connectivity index (χ3n) is 4.94. The molecule has 1 saturated heterocycles. The van der Waals surface area contributed by atoms with Crippen LogP contribution in [0.2, 0.25) is 0 Å². The molecule has 29 heavy (non-hydrogen) atoms. The van der Waals surface area contributed by atoms with Gasteiger partial charge in [-0.25, -0.2) is 4.79 Å². The van der Waals surface area contributed by atoms with Crippen LogP contribution in [-0.2, 0) is 4.74 Å². The summed E-state index contributed by atoms with van der Waals surface area (Å²) in [6.45, 7) is 5.25. The van der Waals surface area contributed by atoms with E-state index in [1.165, 1.54) is 5.69 Å². The van der Waals surface area contributed by atoms with Crippen LogP contribution in [0.15, 0.2) is 64.0 Å². The highest BCUT2D eigenvalue weighted by molar-refractivity contribution is 5.89. The molecule has 0 bridgehead atoms. The topological polar surface area (TPSA) is 75.3 Å². The average molecular weight is 390 g/mol. The molecule has 6 heteroatoms. The SMILES string of the molecule is Cc1ccc(C(=O)O)cc1-c1ccc(C=Nc2ccc(N3CCOCC3)cc2)o1. The number of anilines is 1. The molecule has 0 saturated carbocycles. The highest BCUT2D eigenvalue weighted by Gasteiger charge is 2.12. The van der Waals surface area contributed by atoms with E-state index in [1.54, 1.807) is 24.4 Å². The lowest BCUT2D eigenvalue weighted by Gasteiger charge is -2.28. The molecule has 1 aromatic heterocycles. The monoisotopic (exact) mass is 390 g/mol. The maximum Gasteiger partial charge on any atom is 0.335 e. The first-order chi connectivity index (χ1) is 14.1. The summed E-state index contributed by atoms with van der Waals surface area (Å²) in [5, 5.41) is 9.20. The zero-order chi connectivity index (χ0) is 20.2. The van der Waals surface area contributed by atoms with Crippen LogP contribution >= 0.6 is 0 Å². The molecule has 6 nitrogen and oxygen atoms in total. The number of carboxylic acid groups (broad SMARTS) is 1. The number of aromatic carboxylic acids is 1. The van der Waals surface area contributed by atoms with Gasteiger partial charge < -0.3 is 19.2 Å². The van der Waals surface area contributed by atoms with Crippen LogP contribution in [0.4, 0.5) is 11.4 Å². The number of nitrogens with zero attached hydrogens (tertiary/aromatic N) is 2. The van der Waals surface area contributed by atoms with Gasteiger partial charge in [-0.1, -0.05) is 6.07 Å². The molecule has 2 aromatic carbocycles. The summed E-state index contributed by atoms with van der Waals surface area (Å²) < 4.78 is 11.2. The Bertz CT molecular complexity index is 1030. The molecule has 0 amide bonds. The number of morpholine rings is 1. The third-order valence-corrected chi connectivity index (χ3v) is 4.94. The number of hydrogen-bond donors (Lipinski definition) is 1. The molecule has 0 aliphatic carbocycles. The molecule has 1 aliphatic heterocycles. The van der Waals surface area contributed by atoms with E-state index >= 15 is 0 Å². The van der Waals surface area contributed by atoms with Crippen molar-refractivity contribution >= 4 is 23.6 Å². The van der Waals surface area contributed by atoms with Crippen molar-refractivity contribution in [2.75, 3.05) is 31.2 Å². The lowest BCUT2D eigenvalue weighted by atomic mass is 10.0. The van der Waals surface area contributed by atoms with Gasteiger partial charge in [0, 0.05) is 24.3 Å². The summed E-state index contributed by atoms with van der Waals surface area (Å²) in [4.78, 5) is 18.0. The Morgan fingerprint density at radius 1 is 1.07 bits per heavy atom. The second-order valence-corrected chi connectivity index (χ2v) is 6.91. The lowest BCUT2D eigenvalue weighted by molar-refractivity contribution is 0.0697. The second kappa shape index (κ2) is 8.32. The lowest BCUT2D eigenvalue weighted by Crippen LogP contribution is -2.36. The Balaban J connectivity index is 1.48. The predicted octanol–water partition coefficient (Wildman–Crippen LogP) is 4.54. The first-order valence-electron chi connectivity index (χ1n) is 9.51. The summed E-state index contributed by atoms with van der Waals surface area (Å²) in [5.41, 5.74) is 3.95. The minimum atomic E-state index is -0.958. The second-order valence-electron chi connectivity index (χ2n) is 6.91. The molecule has 3 aromatic rings. The van der Waals surface area contributed by atoms with Gasteiger partial charge >= 0.3 is 5.97 Å². The van der Waals surface area contributed by atoms with Crippen molar-refractivity contribution in [3.8, 4) is 11.3 Å². The molecule has 1 N–H and O–H groups in total. The number of hydrogen-bond acceptors (Lipinski definition) is 5. The van der Waals surface area contributed by atoms with Crippen molar-refractivity contribution < 1.29 is 19.1 Å². The van der Waals surface area contributed by atoms with Gasteiger partial charge in [0.05, 0.1) is 30.7 Å². The van der Waals surface area contributed by atoms with Crippen molar-refractivity contribution in [2.24, 2.45) is 4.99 Å². The maximum atomic E-state index is 11.2. The average Bonchev–Trinajstić information content (AvgIpc) is 3.22. The van der Waals surface area contributed by atoms with Crippen molar-refractivity contribution in [1.29, 1.82) is 0 Å². The Labute approximate surface area is 169 Å². The van der Waals surface area contributed by atoms with Gasteiger partial charge in [0.25, 0.3) is 0 Å². The molecular formula is C23H22N2O4. The van der Waals surface area contributed by atoms with Crippen LogP contribution in [0.3, 0.4) is 0 Å². The van der Waals surface area contributed by atoms with Gasteiger partial charge in [0.15, 0.2) is 0 Å². The predicted molar refractivity (Wildman–Crippen MR) is 113 cm³/mol. The fourth-order valence-electron chi connectivity index (χ4n) is 3.30. The summed E-state index contributed by atoms with van der Waals surface area (Å²) in [5.74, 6) is 0.271. The van der Waals surface area contributed by atoms with E-state index in [2.05, 4.69) is 22.0 Å². The summed E-state index contributed by atoms with van der Waals surface area (Å²) >= 11 is 0. The van der Waals surface area contributed by atoms with E-state index in [4.69, 9.17) is 9.15 Å². The molecule has 0 atom stereocenters. The number of aliphatic imine (C=N–C) groups is 1. The van der Waals surface area contributed by atoms with E-state index in [9.17, 15) is 9.90 Å². The van der Waals surface area contributed by atoms with Crippen LogP contribution < -0.4 is 4.90 Å². The third kappa shape index (κ3) is 4.38. The van der Waals surface area contributed by atoms with Gasteiger partial charge in [-0.3, -0.25) is 4.99 Å². The fourth-order valence-corrected chi connectivity index (χ4v) is 3.30. The molecule has 148 valence electrons. The van der Waals surface area contributed by atoms with Gasteiger partial charge in [-0.2, -0.15) is 0 Å². The van der Waals surface area contributed by atoms with Gasteiger partial charge in [-0.15, -0.1) is 0 Å². The van der Waals surface area contributed by atoms with E-state index in [-0.39, 0.29) is 5.56 Å². The Morgan fingerprint density at radius 2 is 1.83 bits per heavy atom. The largest absolute Gasteiger partial charge is 0.478 e. The normalized spacial score (nSPS) is 14.4. The Hall–Kier alpha value is -3.38. The molecule has 1 fully saturated rings. The zero-order valence-electron chi connectivity index (χ0n) is 16.2. The minimum Gasteiger partial charge on any atom is -0.478 e. The molecule has 1 aliphatic rings. The number of rotatable bonds is 5. The minimum absolute atomic E-state index is 0.234. The molecule has 0 spiro atoms. The highest BCUT2D eigenvalue weighted by Crippen LogP contribution is 2.27. The van der Waals surface area contributed by atoms with E-state index in [0.717, 1.165) is 43.1 Å². The molecule has 0 radical (unpaired) electrons. The number of furan rings is 1. The molecule has 0 unspecified atom stereocenters. The zero-order valence-corrected chi connectivity index (χ0v) is 16.2. The van der Waals surface area contributed by atoms with Crippen LogP contribution in [0.5, 0.6) is 0 Å². The summed E-state index contributed by atoms with van der Waals surface area (Å²) in [7, 11) is 0. The van der Waals surface area contributed by atoms with Gasteiger partial charge in [-0.05, 0) is 61.0 Å². The van der Waals surface area contributed by atoms with Crippen molar-refractivity contribution in [2.45, 2.75) is 6.92 Å². The quantitative estimate of drug-likeness (QED) is 0.648. The first-order valence-corrected chi connectivity index (χ1v) is 9.51. The van der Waals surface area contributed by atoms with Crippen molar-refractivity contribution in [1.82, 2.24) is 0 Å². The van der Waals surface area contributed by atoms with Crippen LogP contribution in [0.25, 0.3) is 11.3 Å². The molecular weight excluding hydrogens is 368 g/mol. The van der Waals surface area contributed by atoms with Crippen LogP contribution in [-0.4, -0.2) is 43.6 Å². The first kappa shape index (κ1) is 19.0. The maximum absolute atomic E-state index is 11.2. The Morgan fingerprint density at radius 3 is 2.55 bits per heavy atom. The van der Waals surface area contributed by atoms with Crippen molar-refractivity contribution in [3.05, 3.63) is 71.5 Å². The van der Waals surface area contributed by atoms with E-state index < -0.39 is 5.97 Å². The number of carbonyl (C=O) groups is 1. The summed E-state index contributed by atoms with van der Waals surface area (Å²) in [6, 6.07) is 16.7. The fraction of sp³-hybridized carbons (Fsp3) is 0.217.